The molecule has 6 amide bonds. The molecular formula is C28H25ClN5NaO8S. The summed E-state index contributed by atoms with van der Waals surface area (Å²) in [5, 5.41) is 16.8. The molecule has 224 valence electrons. The minimum atomic E-state index is -1.61. The zero-order valence-corrected chi connectivity index (χ0v) is 27.2. The van der Waals surface area contributed by atoms with Crippen molar-refractivity contribution >= 4 is 64.9 Å². The Kier molecular flexibility index (Phi) is 10.6. The van der Waals surface area contributed by atoms with Crippen molar-refractivity contribution < 1.29 is 68.2 Å². The maximum Gasteiger partial charge on any atom is 1.00 e. The fourth-order valence-corrected chi connectivity index (χ4v) is 6.48. The molecule has 0 radical (unpaired) electrons. The third-order valence-electron chi connectivity index (χ3n) is 7.02. The van der Waals surface area contributed by atoms with Gasteiger partial charge in [0.15, 0.2) is 0 Å². The maximum absolute atomic E-state index is 13.5. The molecule has 16 heteroatoms. The molecule has 5 rings (SSSR count). The number of thioether (sulfide) groups is 1. The number of carbonyl (C=O) groups is 6. The summed E-state index contributed by atoms with van der Waals surface area (Å²) >= 11 is 7.24. The molecule has 3 heterocycles. The monoisotopic (exact) mass is 649 g/mol. The van der Waals surface area contributed by atoms with Crippen LogP contribution in [0.4, 0.5) is 15.3 Å². The standard InChI is InChI=1S/C28H26ClN5O8S.Na/c1-15(35)42-13-17-14-43-25-21(24(37)34(25)22(17)26(38)39)30-23(36)20(16-6-3-2-4-7-16)31-27(40)33-11-10-32(28(33)41)19-9-5-8-18(29)12-19;/h2-9,12,20-21,25H,10-11,13-14H2,1H3,(H,30,36)(H,31,40)(H,38,39);/q;+1/p-1/t20-,21?,25-;/m1./s1. The summed E-state index contributed by atoms with van der Waals surface area (Å²) in [5.41, 5.74) is 0.714. The van der Waals surface area contributed by atoms with E-state index in [9.17, 15) is 33.9 Å². The molecule has 44 heavy (non-hydrogen) atoms. The van der Waals surface area contributed by atoms with E-state index in [4.69, 9.17) is 16.3 Å². The van der Waals surface area contributed by atoms with Gasteiger partial charge in [-0.25, -0.2) is 14.5 Å². The number of benzene rings is 2. The van der Waals surface area contributed by atoms with Gasteiger partial charge in [0.25, 0.3) is 5.91 Å². The molecule has 3 atom stereocenters. The summed E-state index contributed by atoms with van der Waals surface area (Å²) in [6, 6.07) is 11.1. The summed E-state index contributed by atoms with van der Waals surface area (Å²) < 4.78 is 4.91. The van der Waals surface area contributed by atoms with Crippen LogP contribution >= 0.6 is 23.4 Å². The zero-order chi connectivity index (χ0) is 30.8. The normalized spacial score (nSPS) is 19.8. The topological polar surface area (TPSA) is 168 Å². The number of hydrogen-bond donors (Lipinski definition) is 2. The molecular weight excluding hydrogens is 625 g/mol. The van der Waals surface area contributed by atoms with Crippen molar-refractivity contribution in [3.05, 3.63) is 76.5 Å². The van der Waals surface area contributed by atoms with Gasteiger partial charge in [-0.2, -0.15) is 0 Å². The molecule has 1 unspecified atom stereocenters. The van der Waals surface area contributed by atoms with E-state index in [0.717, 1.165) is 9.80 Å². The van der Waals surface area contributed by atoms with Crippen molar-refractivity contribution in [1.29, 1.82) is 0 Å². The van der Waals surface area contributed by atoms with Gasteiger partial charge in [-0.15, -0.1) is 11.8 Å². The van der Waals surface area contributed by atoms with Crippen molar-refractivity contribution in [3.63, 3.8) is 0 Å². The van der Waals surface area contributed by atoms with Gasteiger partial charge in [-0.3, -0.25) is 24.2 Å². The number of hydrogen-bond acceptors (Lipinski definition) is 9. The van der Waals surface area contributed by atoms with Crippen LogP contribution in [-0.2, 0) is 23.9 Å². The van der Waals surface area contributed by atoms with Crippen molar-refractivity contribution in [2.75, 3.05) is 30.3 Å². The Balaban J connectivity index is 0.00000442. The number of anilines is 1. The Bertz CT molecular complexity index is 1540. The Hall–Kier alpha value is -3.56. The van der Waals surface area contributed by atoms with Crippen LogP contribution in [0.1, 0.15) is 18.5 Å². The number of fused-ring (bicyclic) bond motifs is 1. The molecule has 2 saturated heterocycles. The molecule has 3 aliphatic heterocycles. The van der Waals surface area contributed by atoms with Gasteiger partial charge < -0.3 is 25.3 Å². The first kappa shape index (κ1) is 33.3. The van der Waals surface area contributed by atoms with Gasteiger partial charge in [-0.05, 0) is 23.8 Å². The van der Waals surface area contributed by atoms with Crippen LogP contribution < -0.4 is 50.2 Å². The van der Waals surface area contributed by atoms with Crippen LogP contribution in [0.15, 0.2) is 65.9 Å². The van der Waals surface area contributed by atoms with E-state index in [1.165, 1.54) is 23.6 Å². The number of carboxylic acids is 1. The number of rotatable bonds is 8. The first-order chi connectivity index (χ1) is 20.6. The number of β-lactam (4-membered cyclic amide) rings is 1. The number of carboxylic acid groups (broad SMARTS) is 1. The van der Waals surface area contributed by atoms with Crippen molar-refractivity contribution in [2.24, 2.45) is 0 Å². The van der Waals surface area contributed by atoms with Crippen molar-refractivity contribution in [2.45, 2.75) is 24.4 Å². The largest absolute Gasteiger partial charge is 1.00 e. The van der Waals surface area contributed by atoms with E-state index in [0.29, 0.717) is 16.3 Å². The molecule has 2 fully saturated rings. The number of ether oxygens (including phenoxy) is 1. The summed E-state index contributed by atoms with van der Waals surface area (Å²) in [4.78, 5) is 79.4. The van der Waals surface area contributed by atoms with Gasteiger partial charge in [0.05, 0.1) is 18.2 Å². The summed E-state index contributed by atoms with van der Waals surface area (Å²) in [6.45, 7) is 1.14. The number of imide groups is 1. The molecule has 13 nitrogen and oxygen atoms in total. The van der Waals surface area contributed by atoms with Gasteiger partial charge in [0, 0.05) is 35.5 Å². The second kappa shape index (κ2) is 14.0. The average molecular weight is 650 g/mol. The molecule has 0 aliphatic carbocycles. The smallest absolute Gasteiger partial charge is 0.543 e. The number of carbonyl (C=O) groups excluding carboxylic acids is 6. The second-order valence-electron chi connectivity index (χ2n) is 9.77. The molecule has 0 bridgehead atoms. The van der Waals surface area contributed by atoms with Crippen LogP contribution in [0.25, 0.3) is 0 Å². The van der Waals surface area contributed by atoms with Crippen molar-refractivity contribution in [3.8, 4) is 0 Å². The number of halogens is 1. The first-order valence-electron chi connectivity index (χ1n) is 13.1. The number of esters is 1. The predicted octanol–water partition coefficient (Wildman–Crippen LogP) is -2.00. The molecule has 2 aromatic carbocycles. The zero-order valence-electron chi connectivity index (χ0n) is 23.7. The van der Waals surface area contributed by atoms with Crippen LogP contribution in [0, 0.1) is 0 Å². The van der Waals surface area contributed by atoms with E-state index in [-0.39, 0.29) is 60.6 Å². The van der Waals surface area contributed by atoms with Crippen LogP contribution in [0.5, 0.6) is 0 Å². The molecule has 0 saturated carbocycles. The first-order valence-corrected chi connectivity index (χ1v) is 14.5. The van der Waals surface area contributed by atoms with Gasteiger partial charge >= 0.3 is 47.6 Å². The summed E-state index contributed by atoms with van der Waals surface area (Å²) in [7, 11) is 0. The van der Waals surface area contributed by atoms with Gasteiger partial charge in [-0.1, -0.05) is 48.0 Å². The Morgan fingerprint density at radius 1 is 1.09 bits per heavy atom. The van der Waals surface area contributed by atoms with Gasteiger partial charge in [0.1, 0.15) is 24.1 Å². The Morgan fingerprint density at radius 2 is 1.82 bits per heavy atom. The minimum absolute atomic E-state index is 0. The molecule has 3 aliphatic rings. The van der Waals surface area contributed by atoms with Crippen LogP contribution in [-0.4, -0.2) is 82.5 Å². The average Bonchev–Trinajstić information content (AvgIpc) is 3.38. The number of urea groups is 2. The van der Waals surface area contributed by atoms with E-state index in [2.05, 4.69) is 10.6 Å². The van der Waals surface area contributed by atoms with Crippen LogP contribution in [0.2, 0.25) is 5.02 Å². The second-order valence-corrected chi connectivity index (χ2v) is 11.3. The van der Waals surface area contributed by atoms with Crippen molar-refractivity contribution in [1.82, 2.24) is 20.4 Å². The fourth-order valence-electron chi connectivity index (χ4n) is 4.96. The number of aliphatic carboxylic acids is 1. The van der Waals surface area contributed by atoms with E-state index in [1.54, 1.807) is 54.6 Å². The molecule has 2 N–H and O–H groups in total. The van der Waals surface area contributed by atoms with Gasteiger partial charge in [0.2, 0.25) is 5.91 Å². The predicted molar refractivity (Wildman–Crippen MR) is 152 cm³/mol. The summed E-state index contributed by atoms with van der Waals surface area (Å²) in [6.07, 6.45) is 0. The molecule has 0 spiro atoms. The quantitative estimate of drug-likeness (QED) is 0.187. The summed E-state index contributed by atoms with van der Waals surface area (Å²) in [5.74, 6) is -3.53. The van der Waals surface area contributed by atoms with E-state index < -0.39 is 59.0 Å². The Labute approximate surface area is 283 Å². The van der Waals surface area contributed by atoms with Crippen LogP contribution in [0.3, 0.4) is 0 Å². The fraction of sp³-hybridized carbons (Fsp3) is 0.286. The SMILES string of the molecule is CC(=O)OCC1=C(C(=O)[O-])N2C(=O)C(NC(=O)[C@H](NC(=O)N3CCN(c4cccc(Cl)c4)C3=O)c3ccccc3)[C@H]2SC1.[Na+]. The number of amides is 6. The third kappa shape index (κ3) is 6.74. The third-order valence-corrected chi connectivity index (χ3v) is 8.60. The minimum Gasteiger partial charge on any atom is -0.543 e. The number of nitrogens with one attached hydrogen (secondary N) is 2. The molecule has 2 aromatic rings. The molecule has 0 aromatic heterocycles. The Morgan fingerprint density at radius 3 is 2.48 bits per heavy atom. The maximum atomic E-state index is 13.5. The van der Waals surface area contributed by atoms with E-state index >= 15 is 0 Å². The van der Waals surface area contributed by atoms with E-state index in [1.807, 2.05) is 0 Å². The number of nitrogens with zero attached hydrogens (tertiary/aromatic N) is 3.